The first-order valence-electron chi connectivity index (χ1n) is 20.0. The van der Waals surface area contributed by atoms with E-state index in [4.69, 9.17) is 28.5 Å². The van der Waals surface area contributed by atoms with Crippen LogP contribution >= 0.6 is 11.8 Å². The first-order valence-corrected chi connectivity index (χ1v) is 20.9. The maximum atomic E-state index is 13.4. The number of oxime groups is 1. The number of aliphatic hydroxyl groups is 2. The van der Waals surface area contributed by atoms with Gasteiger partial charge in [-0.3, -0.25) is 10.1 Å². The second-order valence-electron chi connectivity index (χ2n) is 14.8. The van der Waals surface area contributed by atoms with E-state index in [0.29, 0.717) is 53.6 Å². The Morgan fingerprint density at radius 1 is 0.949 bits per heavy atom. The highest BCUT2D eigenvalue weighted by Crippen LogP contribution is 2.63. The number of thioether (sulfide) groups is 1. The number of benzene rings is 3. The van der Waals surface area contributed by atoms with Gasteiger partial charge in [0.25, 0.3) is 0 Å². The molecule has 4 N–H and O–H groups in total. The van der Waals surface area contributed by atoms with Gasteiger partial charge in [-0.25, -0.2) is 4.79 Å². The van der Waals surface area contributed by atoms with Crippen LogP contribution in [-0.2, 0) is 14.4 Å². The van der Waals surface area contributed by atoms with Gasteiger partial charge in [0.1, 0.15) is 30.1 Å². The van der Waals surface area contributed by atoms with Crippen molar-refractivity contribution in [3.8, 4) is 23.0 Å². The number of ether oxygens (including phenoxy) is 5. The van der Waals surface area contributed by atoms with Crippen molar-refractivity contribution in [2.45, 2.75) is 73.7 Å². The minimum Gasteiger partial charge on any atom is -0.497 e. The molecule has 59 heavy (non-hydrogen) atoms. The van der Waals surface area contributed by atoms with Crippen LogP contribution in [0.25, 0.3) is 0 Å². The van der Waals surface area contributed by atoms with Gasteiger partial charge >= 0.3 is 6.09 Å². The van der Waals surface area contributed by atoms with Gasteiger partial charge in [-0.15, -0.1) is 18.3 Å². The minimum atomic E-state index is -1.21. The van der Waals surface area contributed by atoms with E-state index in [1.54, 1.807) is 56.3 Å². The molecule has 316 valence electrons. The fourth-order valence-electron chi connectivity index (χ4n) is 8.73. The van der Waals surface area contributed by atoms with E-state index >= 15 is 0 Å². The maximum Gasteiger partial charge on any atom is 0.417 e. The highest BCUT2D eigenvalue weighted by atomic mass is 32.2. The van der Waals surface area contributed by atoms with E-state index in [1.807, 2.05) is 36.4 Å². The van der Waals surface area contributed by atoms with Crippen LogP contribution in [0.5, 0.6) is 23.0 Å². The fourth-order valence-corrected chi connectivity index (χ4v) is 10.0. The zero-order valence-electron chi connectivity index (χ0n) is 34.1. The summed E-state index contributed by atoms with van der Waals surface area (Å²) in [5.41, 5.74) is 3.75. The van der Waals surface area contributed by atoms with E-state index in [-0.39, 0.29) is 54.6 Å². The maximum absolute atomic E-state index is 13.4. The molecular formula is C45H55N3O10S. The van der Waals surface area contributed by atoms with Crippen LogP contribution in [-0.4, -0.2) is 80.1 Å². The van der Waals surface area contributed by atoms with Crippen molar-refractivity contribution in [3.63, 3.8) is 0 Å². The Morgan fingerprint density at radius 3 is 2.37 bits per heavy atom. The Kier molecular flexibility index (Phi) is 15.0. The third kappa shape index (κ3) is 9.89. The molecule has 0 radical (unpaired) electrons. The van der Waals surface area contributed by atoms with E-state index in [0.717, 1.165) is 47.4 Å². The third-order valence-electron chi connectivity index (χ3n) is 11.1. The molecule has 6 rings (SSSR count). The van der Waals surface area contributed by atoms with Crippen molar-refractivity contribution < 1.29 is 48.3 Å². The van der Waals surface area contributed by atoms with Gasteiger partial charge in [0.05, 0.1) is 43.4 Å². The number of nitrogens with one attached hydrogen (secondary N) is 2. The highest BCUT2D eigenvalue weighted by Gasteiger charge is 2.64. The number of hydrogen-bond acceptors (Lipinski definition) is 12. The lowest BCUT2D eigenvalue weighted by atomic mass is 9.56. The lowest BCUT2D eigenvalue weighted by Crippen LogP contribution is -2.64. The average molecular weight is 830 g/mol. The quantitative estimate of drug-likeness (QED) is 0.0521. The zero-order chi connectivity index (χ0) is 41.9. The first-order chi connectivity index (χ1) is 28.7. The van der Waals surface area contributed by atoms with Crippen LogP contribution < -0.4 is 29.6 Å². The number of aliphatic hydroxyl groups excluding tert-OH is 2. The van der Waals surface area contributed by atoms with Crippen LogP contribution in [0, 0.1) is 17.8 Å². The third-order valence-corrected chi connectivity index (χ3v) is 12.5. The lowest BCUT2D eigenvalue weighted by molar-refractivity contribution is -0.223. The predicted octanol–water partition coefficient (Wildman–Crippen LogP) is 8.33. The first kappa shape index (κ1) is 43.6. The number of allylic oxidation sites excluding steroid dienone is 1. The molecule has 3 aliphatic rings. The molecule has 14 heteroatoms. The molecule has 1 heterocycles. The molecule has 0 unspecified atom stereocenters. The van der Waals surface area contributed by atoms with E-state index in [2.05, 4.69) is 28.4 Å². The van der Waals surface area contributed by atoms with Gasteiger partial charge in [0, 0.05) is 54.7 Å². The Hall–Kier alpha value is -5.02. The van der Waals surface area contributed by atoms with Gasteiger partial charge in [0.2, 0.25) is 11.7 Å². The van der Waals surface area contributed by atoms with Gasteiger partial charge < -0.3 is 44.1 Å². The molecule has 1 saturated carbocycles. The molecule has 2 aliphatic carbocycles. The van der Waals surface area contributed by atoms with Crippen molar-refractivity contribution in [1.82, 2.24) is 0 Å². The SMILES string of the molecule is C=CCO[C@@]12Oc3ccc(OC(=O)Nc4ccc(OC)cc4OC)cc3[C@H]3[C@H](CCCCO)[C@@H](CCCCO)C=C(C(=NOC)C[C@@H]1Sc1ccc(NC(C)=O)cc1)[C@H]32. The summed E-state index contributed by atoms with van der Waals surface area (Å²) < 4.78 is 30.9. The van der Waals surface area contributed by atoms with Crippen LogP contribution in [0.1, 0.15) is 63.4 Å². The standard InChI is InChI=1S/C45H55N3O10S/c1-6-23-56-45-41(59-33-17-13-30(14-18-33)46-28(2)51)27-38(48-55-5)35-24-29(11-7-9-21-49)34(12-8-10-22-50)42(43(35)45)36-25-32(16-20-39(36)58-45)57-44(52)47-37-19-15-31(53-3)26-40(37)54-4/h6,13-20,24-26,29,34,41-43,49-50H,1,7-12,21-23,27H2,2-5H3,(H,46,51)(H,47,52)/t29-,34+,41-,42+,43+,45+/m0/s1. The number of methoxy groups -OCH3 is 2. The number of nitrogens with zero attached hydrogens (tertiary/aromatic N) is 1. The number of fused-ring (bicyclic) bond motifs is 2. The summed E-state index contributed by atoms with van der Waals surface area (Å²) in [6, 6.07) is 18.2. The Bertz CT molecular complexity index is 2010. The molecule has 3 aromatic carbocycles. The van der Waals surface area contributed by atoms with Crippen LogP contribution in [0.3, 0.4) is 0 Å². The van der Waals surface area contributed by atoms with Gasteiger partial charge in [0.15, 0.2) is 0 Å². The van der Waals surface area contributed by atoms with Crippen molar-refractivity contribution in [2.24, 2.45) is 22.9 Å². The molecule has 0 saturated heterocycles. The molecule has 1 fully saturated rings. The van der Waals surface area contributed by atoms with Crippen molar-refractivity contribution in [3.05, 3.63) is 90.5 Å². The average Bonchev–Trinajstić information content (AvgIpc) is 3.23. The topological polar surface area (TPSA) is 166 Å². The monoisotopic (exact) mass is 829 g/mol. The summed E-state index contributed by atoms with van der Waals surface area (Å²) >= 11 is 1.61. The fraction of sp³-hybridized carbons (Fsp3) is 0.444. The number of amides is 2. The van der Waals surface area contributed by atoms with Crippen molar-refractivity contribution in [1.29, 1.82) is 0 Å². The number of rotatable bonds is 19. The molecule has 1 aliphatic heterocycles. The van der Waals surface area contributed by atoms with Gasteiger partial charge in [-0.2, -0.15) is 0 Å². The summed E-state index contributed by atoms with van der Waals surface area (Å²) in [6.45, 7) is 5.87. The summed E-state index contributed by atoms with van der Waals surface area (Å²) in [7, 11) is 4.61. The van der Waals surface area contributed by atoms with E-state index < -0.39 is 11.9 Å². The Morgan fingerprint density at radius 2 is 1.69 bits per heavy atom. The van der Waals surface area contributed by atoms with E-state index in [1.165, 1.54) is 14.0 Å². The lowest BCUT2D eigenvalue weighted by Gasteiger charge is -2.58. The van der Waals surface area contributed by atoms with E-state index in [9.17, 15) is 19.8 Å². The molecule has 0 spiro atoms. The summed E-state index contributed by atoms with van der Waals surface area (Å²) in [6.07, 6.45) is 8.37. The summed E-state index contributed by atoms with van der Waals surface area (Å²) in [5.74, 6) is 0.127. The summed E-state index contributed by atoms with van der Waals surface area (Å²) in [5, 5.41) is 29.6. The molecule has 0 aromatic heterocycles. The second kappa shape index (κ2) is 20.3. The van der Waals surface area contributed by atoms with Gasteiger partial charge in [-0.1, -0.05) is 30.1 Å². The number of unbranched alkanes of at least 4 members (excludes halogenated alkanes) is 2. The predicted molar refractivity (Wildman–Crippen MR) is 228 cm³/mol. The van der Waals surface area contributed by atoms with Gasteiger partial charge in [-0.05, 0) is 97.7 Å². The minimum absolute atomic E-state index is 0.0560. The zero-order valence-corrected chi connectivity index (χ0v) is 34.9. The number of hydrogen-bond donors (Lipinski definition) is 4. The molecule has 13 nitrogen and oxygen atoms in total. The van der Waals surface area contributed by atoms with Crippen LogP contribution in [0.15, 0.2) is 95.0 Å². The van der Waals surface area contributed by atoms with Crippen LogP contribution in [0.4, 0.5) is 16.2 Å². The number of carbonyl (C=O) groups excluding carboxylic acids is 2. The molecule has 3 aromatic rings. The molecule has 6 atom stereocenters. The number of carbonyl (C=O) groups is 2. The molecule has 0 bridgehead atoms. The largest absolute Gasteiger partial charge is 0.497 e. The molecular weight excluding hydrogens is 775 g/mol. The van der Waals surface area contributed by atoms with Crippen LogP contribution in [0.2, 0.25) is 0 Å². The second-order valence-corrected chi connectivity index (χ2v) is 16.1. The number of anilines is 2. The normalized spacial score (nSPS) is 23.5. The van der Waals surface area contributed by atoms with Crippen molar-refractivity contribution >= 4 is 40.8 Å². The Labute approximate surface area is 350 Å². The van der Waals surface area contributed by atoms with Crippen molar-refractivity contribution in [2.75, 3.05) is 51.8 Å². The molecule has 2 amide bonds. The summed E-state index contributed by atoms with van der Waals surface area (Å²) in [4.78, 5) is 31.7. The Balaban J connectivity index is 1.47. The smallest absolute Gasteiger partial charge is 0.417 e. The highest BCUT2D eigenvalue weighted by molar-refractivity contribution is 8.00.